The maximum Gasteiger partial charge on any atom is 0.267 e. The minimum atomic E-state index is -0.496. The molecule has 0 aliphatic carbocycles. The topological polar surface area (TPSA) is 56.1 Å². The van der Waals surface area contributed by atoms with Crippen molar-refractivity contribution in [2.45, 2.75) is 26.7 Å². The number of carbonyl (C=O) groups excluding carboxylic acids is 1. The largest absolute Gasteiger partial charge is 0.376 e. The van der Waals surface area contributed by atoms with E-state index in [9.17, 15) is 10.1 Å². The summed E-state index contributed by atoms with van der Waals surface area (Å²) in [4.78, 5) is 14.2. The molecule has 0 heterocycles. The van der Waals surface area contributed by atoms with Crippen molar-refractivity contribution >= 4 is 34.8 Å². The van der Waals surface area contributed by atoms with Crippen LogP contribution in [0.25, 0.3) is 0 Å². The van der Waals surface area contributed by atoms with Gasteiger partial charge in [0.1, 0.15) is 11.6 Å². The van der Waals surface area contributed by atoms with E-state index in [4.69, 9.17) is 23.2 Å². The highest BCUT2D eigenvalue weighted by Crippen LogP contribution is 2.29. The first kappa shape index (κ1) is 18.3. The van der Waals surface area contributed by atoms with Gasteiger partial charge < -0.3 is 10.2 Å². The van der Waals surface area contributed by atoms with Crippen LogP contribution in [0.5, 0.6) is 0 Å². The number of nitrogens with zero attached hydrogens (tertiary/aromatic N) is 2. The van der Waals surface area contributed by atoms with Crippen LogP contribution in [0.15, 0.2) is 30.0 Å². The SMILES string of the molecule is CCCN(/C=C(/C#N)C(=O)Nc1cccc(Cl)c1Cl)CCC. The minimum Gasteiger partial charge on any atom is -0.376 e. The van der Waals surface area contributed by atoms with Gasteiger partial charge >= 0.3 is 0 Å². The predicted molar refractivity (Wildman–Crippen MR) is 90.9 cm³/mol. The third kappa shape index (κ3) is 5.25. The highest BCUT2D eigenvalue weighted by molar-refractivity contribution is 6.44. The molecule has 0 fully saturated rings. The Hall–Kier alpha value is -1.70. The van der Waals surface area contributed by atoms with Gasteiger partial charge in [-0.3, -0.25) is 4.79 Å². The number of halogens is 2. The Bertz CT molecular complexity index is 588. The molecule has 4 nitrogen and oxygen atoms in total. The van der Waals surface area contributed by atoms with Crippen LogP contribution in [0, 0.1) is 11.3 Å². The second kappa shape index (κ2) is 9.34. The molecule has 0 saturated heterocycles. The monoisotopic (exact) mass is 339 g/mol. The average molecular weight is 340 g/mol. The smallest absolute Gasteiger partial charge is 0.267 e. The van der Waals surface area contributed by atoms with Crippen LogP contribution in [0.1, 0.15) is 26.7 Å². The second-order valence-electron chi connectivity index (χ2n) is 4.75. The molecule has 0 aliphatic rings. The lowest BCUT2D eigenvalue weighted by molar-refractivity contribution is -0.112. The number of benzene rings is 1. The zero-order valence-electron chi connectivity index (χ0n) is 12.7. The van der Waals surface area contributed by atoms with Gasteiger partial charge in [-0.2, -0.15) is 5.26 Å². The molecular formula is C16H19Cl2N3O. The Labute approximate surface area is 141 Å². The zero-order chi connectivity index (χ0) is 16.5. The van der Waals surface area contributed by atoms with Gasteiger partial charge in [0.05, 0.1) is 15.7 Å². The maximum absolute atomic E-state index is 12.2. The second-order valence-corrected chi connectivity index (χ2v) is 5.53. The van der Waals surface area contributed by atoms with Crippen LogP contribution in [0.2, 0.25) is 10.0 Å². The van der Waals surface area contributed by atoms with Crippen LogP contribution in [-0.2, 0) is 4.79 Å². The molecule has 0 aliphatic heterocycles. The fourth-order valence-corrected chi connectivity index (χ4v) is 2.27. The van der Waals surface area contributed by atoms with E-state index in [0.29, 0.717) is 10.7 Å². The molecule has 1 N–H and O–H groups in total. The van der Waals surface area contributed by atoms with Crippen molar-refractivity contribution in [1.29, 1.82) is 5.26 Å². The first-order chi connectivity index (χ1) is 10.5. The van der Waals surface area contributed by atoms with Gasteiger partial charge in [0.2, 0.25) is 0 Å². The molecule has 0 saturated carbocycles. The van der Waals surface area contributed by atoms with Crippen molar-refractivity contribution in [3.05, 3.63) is 40.0 Å². The Morgan fingerprint density at radius 1 is 1.32 bits per heavy atom. The van der Waals surface area contributed by atoms with Gasteiger partial charge in [0.15, 0.2) is 0 Å². The van der Waals surface area contributed by atoms with Gasteiger partial charge in [-0.25, -0.2) is 0 Å². The standard InChI is InChI=1S/C16H19Cl2N3O/c1-3-8-21(9-4-2)11-12(10-19)16(22)20-14-7-5-6-13(17)15(14)18/h5-7,11H,3-4,8-9H2,1-2H3,(H,20,22)/b12-11-. The highest BCUT2D eigenvalue weighted by Gasteiger charge is 2.13. The zero-order valence-corrected chi connectivity index (χ0v) is 14.2. The van der Waals surface area contributed by atoms with E-state index in [1.807, 2.05) is 24.8 Å². The number of nitriles is 1. The number of hydrogen-bond acceptors (Lipinski definition) is 3. The summed E-state index contributed by atoms with van der Waals surface area (Å²) in [6, 6.07) is 6.88. The average Bonchev–Trinajstić information content (AvgIpc) is 2.49. The Morgan fingerprint density at radius 3 is 2.50 bits per heavy atom. The van der Waals surface area contributed by atoms with Gasteiger partial charge in [-0.1, -0.05) is 43.1 Å². The number of anilines is 1. The lowest BCUT2D eigenvalue weighted by atomic mass is 10.2. The summed E-state index contributed by atoms with van der Waals surface area (Å²) in [6.45, 7) is 5.69. The molecule has 0 aromatic heterocycles. The Morgan fingerprint density at radius 2 is 1.95 bits per heavy atom. The molecule has 0 atom stereocenters. The summed E-state index contributed by atoms with van der Waals surface area (Å²) in [6.07, 6.45) is 3.48. The molecule has 118 valence electrons. The molecule has 0 radical (unpaired) electrons. The van der Waals surface area contributed by atoms with E-state index in [1.54, 1.807) is 24.4 Å². The Kier molecular flexibility index (Phi) is 7.79. The first-order valence-corrected chi connectivity index (χ1v) is 7.90. The van der Waals surface area contributed by atoms with Crippen LogP contribution in [-0.4, -0.2) is 23.9 Å². The lowest BCUT2D eigenvalue weighted by Gasteiger charge is -2.19. The van der Waals surface area contributed by atoms with E-state index >= 15 is 0 Å². The fraction of sp³-hybridized carbons (Fsp3) is 0.375. The van der Waals surface area contributed by atoms with Gasteiger partial charge in [-0.15, -0.1) is 0 Å². The lowest BCUT2D eigenvalue weighted by Crippen LogP contribution is -2.22. The molecular weight excluding hydrogens is 321 g/mol. The third-order valence-electron chi connectivity index (χ3n) is 2.90. The Balaban J connectivity index is 2.92. The fourth-order valence-electron chi connectivity index (χ4n) is 1.93. The number of rotatable bonds is 7. The number of amides is 1. The third-order valence-corrected chi connectivity index (χ3v) is 3.72. The number of carbonyl (C=O) groups is 1. The summed E-state index contributed by atoms with van der Waals surface area (Å²) in [5.74, 6) is -0.496. The van der Waals surface area contributed by atoms with Crippen molar-refractivity contribution in [2.75, 3.05) is 18.4 Å². The summed E-state index contributed by atoms with van der Waals surface area (Å²) in [7, 11) is 0. The molecule has 1 aromatic carbocycles. The van der Waals surface area contributed by atoms with Crippen molar-refractivity contribution < 1.29 is 4.79 Å². The summed E-state index contributed by atoms with van der Waals surface area (Å²) in [5.41, 5.74) is 0.427. The van der Waals surface area contributed by atoms with Gasteiger partial charge in [0.25, 0.3) is 5.91 Å². The normalized spacial score (nSPS) is 11.0. The van der Waals surface area contributed by atoms with Crippen molar-refractivity contribution in [3.8, 4) is 6.07 Å². The highest BCUT2D eigenvalue weighted by atomic mass is 35.5. The maximum atomic E-state index is 12.2. The van der Waals surface area contributed by atoms with Crippen LogP contribution in [0.4, 0.5) is 5.69 Å². The summed E-state index contributed by atoms with van der Waals surface area (Å²) >= 11 is 11.9. The van der Waals surface area contributed by atoms with E-state index in [2.05, 4.69) is 5.32 Å². The van der Waals surface area contributed by atoms with E-state index in [-0.39, 0.29) is 10.6 Å². The van der Waals surface area contributed by atoms with Crippen LogP contribution >= 0.6 is 23.2 Å². The minimum absolute atomic E-state index is 0.0398. The van der Waals surface area contributed by atoms with E-state index < -0.39 is 5.91 Å². The first-order valence-electron chi connectivity index (χ1n) is 7.14. The number of hydrogen-bond donors (Lipinski definition) is 1. The number of nitrogens with one attached hydrogen (secondary N) is 1. The molecule has 22 heavy (non-hydrogen) atoms. The molecule has 0 spiro atoms. The summed E-state index contributed by atoms with van der Waals surface area (Å²) in [5, 5.41) is 12.4. The van der Waals surface area contributed by atoms with E-state index in [1.165, 1.54) is 0 Å². The molecule has 1 rings (SSSR count). The molecule has 6 heteroatoms. The van der Waals surface area contributed by atoms with Gasteiger partial charge in [0, 0.05) is 19.3 Å². The predicted octanol–water partition coefficient (Wildman–Crippen LogP) is 4.46. The van der Waals surface area contributed by atoms with Crippen molar-refractivity contribution in [3.63, 3.8) is 0 Å². The van der Waals surface area contributed by atoms with E-state index in [0.717, 1.165) is 25.9 Å². The molecule has 0 unspecified atom stereocenters. The quantitative estimate of drug-likeness (QED) is 0.589. The molecule has 1 aromatic rings. The molecule has 1 amide bonds. The summed E-state index contributed by atoms with van der Waals surface area (Å²) < 4.78 is 0. The van der Waals surface area contributed by atoms with Crippen molar-refractivity contribution in [2.24, 2.45) is 0 Å². The van der Waals surface area contributed by atoms with Crippen LogP contribution < -0.4 is 5.32 Å². The van der Waals surface area contributed by atoms with Gasteiger partial charge in [-0.05, 0) is 25.0 Å². The van der Waals surface area contributed by atoms with Crippen LogP contribution in [0.3, 0.4) is 0 Å². The van der Waals surface area contributed by atoms with Crippen molar-refractivity contribution in [1.82, 2.24) is 4.90 Å². The molecule has 0 bridgehead atoms.